The van der Waals surface area contributed by atoms with Crippen LogP contribution < -0.4 is 10.9 Å². The van der Waals surface area contributed by atoms with E-state index in [1.807, 2.05) is 13.8 Å². The summed E-state index contributed by atoms with van der Waals surface area (Å²) in [5.74, 6) is 0. The fourth-order valence-corrected chi connectivity index (χ4v) is 1.65. The van der Waals surface area contributed by atoms with Gasteiger partial charge in [-0.1, -0.05) is 19.1 Å². The highest BCUT2D eigenvalue weighted by atomic mass is 79.9. The van der Waals surface area contributed by atoms with Crippen molar-refractivity contribution in [2.75, 3.05) is 11.9 Å². The van der Waals surface area contributed by atoms with E-state index in [9.17, 15) is 4.79 Å². The van der Waals surface area contributed by atoms with Crippen LogP contribution in [0, 0.1) is 0 Å². The Kier molecular flexibility index (Phi) is 4.73. The van der Waals surface area contributed by atoms with Crippen LogP contribution in [0.15, 0.2) is 27.6 Å². The third kappa shape index (κ3) is 3.20. The van der Waals surface area contributed by atoms with Crippen LogP contribution in [-0.4, -0.2) is 16.3 Å². The molecule has 0 bridgehead atoms. The summed E-state index contributed by atoms with van der Waals surface area (Å²) in [4.78, 5) is 11.8. The van der Waals surface area contributed by atoms with Crippen molar-refractivity contribution in [2.45, 2.75) is 26.8 Å². The van der Waals surface area contributed by atoms with Crippen LogP contribution in [0.2, 0.25) is 0 Å². The second kappa shape index (κ2) is 5.84. The zero-order valence-electron chi connectivity index (χ0n) is 9.59. The number of nitrogens with one attached hydrogen (secondary N) is 1. The molecule has 0 aliphatic rings. The van der Waals surface area contributed by atoms with Crippen LogP contribution >= 0.6 is 15.9 Å². The lowest BCUT2D eigenvalue weighted by molar-refractivity contribution is 0.566. The quantitative estimate of drug-likeness (QED) is 0.845. The monoisotopic (exact) mass is 285 g/mol. The molecule has 0 amide bonds. The summed E-state index contributed by atoms with van der Waals surface area (Å²) in [6.45, 7) is 8.99. The van der Waals surface area contributed by atoms with Gasteiger partial charge in [-0.25, -0.2) is 4.68 Å². The Hall–Kier alpha value is -1.10. The van der Waals surface area contributed by atoms with Gasteiger partial charge in [0.15, 0.2) is 0 Å². The van der Waals surface area contributed by atoms with Crippen LogP contribution in [0.5, 0.6) is 0 Å². The average Bonchev–Trinajstić information content (AvgIpc) is 2.24. The molecule has 0 aliphatic heterocycles. The molecule has 0 saturated carbocycles. The average molecular weight is 286 g/mol. The van der Waals surface area contributed by atoms with E-state index in [1.54, 1.807) is 6.20 Å². The molecule has 0 radical (unpaired) electrons. The Morgan fingerprint density at radius 2 is 2.38 bits per heavy atom. The van der Waals surface area contributed by atoms with Gasteiger partial charge in [-0.2, -0.15) is 5.10 Å². The first-order chi connectivity index (χ1) is 7.56. The van der Waals surface area contributed by atoms with Crippen molar-refractivity contribution in [3.63, 3.8) is 0 Å². The van der Waals surface area contributed by atoms with E-state index < -0.39 is 0 Å². The minimum absolute atomic E-state index is 0.103. The Bertz CT molecular complexity index is 439. The van der Waals surface area contributed by atoms with E-state index in [1.165, 1.54) is 4.68 Å². The van der Waals surface area contributed by atoms with Gasteiger partial charge in [0.1, 0.15) is 4.47 Å². The normalized spacial score (nSPS) is 10.2. The SMILES string of the molecule is C=C(C)CNc1cnn(CCC)c(=O)c1Br. The first-order valence-electron chi connectivity index (χ1n) is 5.20. The first-order valence-corrected chi connectivity index (χ1v) is 5.99. The van der Waals surface area contributed by atoms with Gasteiger partial charge in [0.05, 0.1) is 11.9 Å². The molecule has 1 heterocycles. The maximum absolute atomic E-state index is 11.8. The molecule has 88 valence electrons. The van der Waals surface area contributed by atoms with E-state index in [-0.39, 0.29) is 5.56 Å². The summed E-state index contributed by atoms with van der Waals surface area (Å²) in [6, 6.07) is 0. The van der Waals surface area contributed by atoms with Gasteiger partial charge in [0.2, 0.25) is 0 Å². The largest absolute Gasteiger partial charge is 0.379 e. The molecule has 0 aliphatic carbocycles. The van der Waals surface area contributed by atoms with Crippen molar-refractivity contribution >= 4 is 21.6 Å². The highest BCUT2D eigenvalue weighted by Gasteiger charge is 2.07. The van der Waals surface area contributed by atoms with Crippen LogP contribution in [-0.2, 0) is 6.54 Å². The molecule has 0 unspecified atom stereocenters. The Morgan fingerprint density at radius 3 is 2.94 bits per heavy atom. The Morgan fingerprint density at radius 1 is 1.69 bits per heavy atom. The molecular weight excluding hydrogens is 270 g/mol. The molecule has 1 aromatic rings. The van der Waals surface area contributed by atoms with Crippen LogP contribution in [0.3, 0.4) is 0 Å². The van der Waals surface area contributed by atoms with E-state index in [0.29, 0.717) is 23.2 Å². The molecule has 0 atom stereocenters. The minimum atomic E-state index is -0.103. The Labute approximate surface area is 103 Å². The fraction of sp³-hybridized carbons (Fsp3) is 0.455. The van der Waals surface area contributed by atoms with Crippen LogP contribution in [0.25, 0.3) is 0 Å². The predicted octanol–water partition coefficient (Wildman–Crippen LogP) is 2.40. The van der Waals surface area contributed by atoms with Crippen LogP contribution in [0.4, 0.5) is 5.69 Å². The molecule has 1 aromatic heterocycles. The minimum Gasteiger partial charge on any atom is -0.379 e. The lowest BCUT2D eigenvalue weighted by atomic mass is 10.3. The summed E-state index contributed by atoms with van der Waals surface area (Å²) in [5, 5.41) is 7.19. The first kappa shape index (κ1) is 13.0. The number of nitrogens with zero attached hydrogens (tertiary/aromatic N) is 2. The second-order valence-electron chi connectivity index (χ2n) is 3.71. The third-order valence-electron chi connectivity index (χ3n) is 2.00. The summed E-state index contributed by atoms with van der Waals surface area (Å²) in [7, 11) is 0. The summed E-state index contributed by atoms with van der Waals surface area (Å²) < 4.78 is 1.98. The van der Waals surface area contributed by atoms with Gasteiger partial charge in [0.25, 0.3) is 5.56 Å². The summed E-state index contributed by atoms with van der Waals surface area (Å²) in [5.41, 5.74) is 1.61. The van der Waals surface area contributed by atoms with Crippen molar-refractivity contribution in [3.05, 3.63) is 33.2 Å². The standard InChI is InChI=1S/C11H16BrN3O/c1-4-5-15-11(16)10(12)9(7-14-15)13-6-8(2)3/h7,13H,2,4-6H2,1,3H3. The van der Waals surface area contributed by atoms with Crippen molar-refractivity contribution in [1.29, 1.82) is 0 Å². The molecule has 0 fully saturated rings. The molecule has 0 saturated heterocycles. The highest BCUT2D eigenvalue weighted by Crippen LogP contribution is 2.16. The van der Waals surface area contributed by atoms with Gasteiger partial charge < -0.3 is 5.32 Å². The smallest absolute Gasteiger partial charge is 0.283 e. The molecule has 4 nitrogen and oxygen atoms in total. The molecule has 0 spiro atoms. The lowest BCUT2D eigenvalue weighted by Gasteiger charge is -2.09. The van der Waals surface area contributed by atoms with Gasteiger partial charge in [0, 0.05) is 13.1 Å². The number of halogens is 1. The Balaban J connectivity index is 2.93. The number of anilines is 1. The number of rotatable bonds is 5. The maximum Gasteiger partial charge on any atom is 0.283 e. The second-order valence-corrected chi connectivity index (χ2v) is 4.50. The van der Waals surface area contributed by atoms with E-state index in [4.69, 9.17) is 0 Å². The number of aromatic nitrogens is 2. The molecule has 16 heavy (non-hydrogen) atoms. The zero-order valence-corrected chi connectivity index (χ0v) is 11.2. The van der Waals surface area contributed by atoms with E-state index in [2.05, 4.69) is 32.9 Å². The number of aryl methyl sites for hydroxylation is 1. The molecule has 5 heteroatoms. The van der Waals surface area contributed by atoms with Crippen molar-refractivity contribution in [1.82, 2.24) is 9.78 Å². The lowest BCUT2D eigenvalue weighted by Crippen LogP contribution is -2.24. The number of hydrogen-bond donors (Lipinski definition) is 1. The van der Waals surface area contributed by atoms with Gasteiger partial charge >= 0.3 is 0 Å². The van der Waals surface area contributed by atoms with Crippen molar-refractivity contribution < 1.29 is 0 Å². The summed E-state index contributed by atoms with van der Waals surface area (Å²) >= 11 is 3.29. The molecule has 1 N–H and O–H groups in total. The van der Waals surface area contributed by atoms with E-state index >= 15 is 0 Å². The van der Waals surface area contributed by atoms with Gasteiger partial charge in [-0.05, 0) is 29.3 Å². The maximum atomic E-state index is 11.8. The van der Waals surface area contributed by atoms with Crippen molar-refractivity contribution in [2.24, 2.45) is 0 Å². The zero-order chi connectivity index (χ0) is 12.1. The van der Waals surface area contributed by atoms with Crippen LogP contribution in [0.1, 0.15) is 20.3 Å². The van der Waals surface area contributed by atoms with Crippen molar-refractivity contribution in [3.8, 4) is 0 Å². The molecule has 1 rings (SSSR count). The number of hydrogen-bond acceptors (Lipinski definition) is 3. The molecule has 0 aromatic carbocycles. The topological polar surface area (TPSA) is 46.9 Å². The predicted molar refractivity (Wildman–Crippen MR) is 69.8 cm³/mol. The highest BCUT2D eigenvalue weighted by molar-refractivity contribution is 9.10. The molecular formula is C11H16BrN3O. The third-order valence-corrected chi connectivity index (χ3v) is 2.77. The summed E-state index contributed by atoms with van der Waals surface area (Å²) in [6.07, 6.45) is 2.54. The van der Waals surface area contributed by atoms with E-state index in [0.717, 1.165) is 12.0 Å². The van der Waals surface area contributed by atoms with Gasteiger partial charge in [-0.3, -0.25) is 4.79 Å². The fourth-order valence-electron chi connectivity index (χ4n) is 1.21. The van der Waals surface area contributed by atoms with Gasteiger partial charge in [-0.15, -0.1) is 0 Å².